The highest BCUT2D eigenvalue weighted by atomic mass is 16.6. The third kappa shape index (κ3) is 5.06. The molecule has 0 radical (unpaired) electrons. The summed E-state index contributed by atoms with van der Waals surface area (Å²) in [6, 6.07) is 7.00. The van der Waals surface area contributed by atoms with Crippen LogP contribution in [0.25, 0.3) is 11.0 Å². The van der Waals surface area contributed by atoms with Crippen molar-refractivity contribution in [2.45, 2.75) is 71.9 Å². The summed E-state index contributed by atoms with van der Waals surface area (Å²) in [6.07, 6.45) is 3.70. The quantitative estimate of drug-likeness (QED) is 0.650. The first-order chi connectivity index (χ1) is 16.0. The molecule has 8 heteroatoms. The Labute approximate surface area is 201 Å². The predicted octanol–water partition coefficient (Wildman–Crippen LogP) is 3.78. The Balaban J connectivity index is 1.32. The van der Waals surface area contributed by atoms with Crippen LogP contribution in [-0.4, -0.2) is 57.8 Å². The zero-order chi connectivity index (χ0) is 24.7. The summed E-state index contributed by atoms with van der Waals surface area (Å²) in [4.78, 5) is 40.9. The number of hydrogen-bond donors (Lipinski definition) is 1. The fraction of sp³-hybridized carbons (Fsp3) is 0.654. The number of nitrogens with zero attached hydrogens (tertiary/aromatic N) is 3. The molecule has 2 fully saturated rings. The number of fused-ring (bicyclic) bond motifs is 1. The van der Waals surface area contributed by atoms with Gasteiger partial charge in [-0.25, -0.2) is 14.2 Å². The maximum atomic E-state index is 13.0. The second kappa shape index (κ2) is 9.21. The first kappa shape index (κ1) is 24.5. The summed E-state index contributed by atoms with van der Waals surface area (Å²) in [6.45, 7) is 12.7. The predicted molar refractivity (Wildman–Crippen MR) is 132 cm³/mol. The zero-order valence-corrected chi connectivity index (χ0v) is 21.1. The highest BCUT2D eigenvalue weighted by Gasteiger charge is 2.53. The Morgan fingerprint density at radius 2 is 1.74 bits per heavy atom. The third-order valence-corrected chi connectivity index (χ3v) is 6.96. The molecule has 34 heavy (non-hydrogen) atoms. The largest absolute Gasteiger partial charge is 0.460 e. The van der Waals surface area contributed by atoms with Crippen LogP contribution in [-0.2, 0) is 9.53 Å². The Hall–Kier alpha value is -2.61. The Bertz CT molecular complexity index is 1110. The number of nitrogens with one attached hydrogen (secondary N) is 1. The van der Waals surface area contributed by atoms with Crippen molar-refractivity contribution in [1.82, 2.24) is 19.4 Å². The van der Waals surface area contributed by atoms with Gasteiger partial charge in [-0.1, -0.05) is 12.1 Å². The van der Waals surface area contributed by atoms with Gasteiger partial charge in [0, 0.05) is 19.1 Å². The van der Waals surface area contributed by atoms with Crippen molar-refractivity contribution in [3.05, 3.63) is 34.7 Å². The maximum Gasteiger partial charge on any atom is 0.337 e. The molecule has 1 aliphatic carbocycles. The van der Waals surface area contributed by atoms with E-state index in [1.165, 1.54) is 4.57 Å². The molecule has 1 saturated heterocycles. The van der Waals surface area contributed by atoms with E-state index in [4.69, 9.17) is 4.74 Å². The maximum absolute atomic E-state index is 13.0. The third-order valence-electron chi connectivity index (χ3n) is 6.96. The first-order valence-corrected chi connectivity index (χ1v) is 12.5. The summed E-state index contributed by atoms with van der Waals surface area (Å²) in [5, 5.41) is 2.99. The number of hydrogen-bond acceptors (Lipinski definition) is 5. The molecule has 1 aromatic carbocycles. The van der Waals surface area contributed by atoms with Crippen molar-refractivity contribution in [1.29, 1.82) is 0 Å². The minimum Gasteiger partial charge on any atom is -0.460 e. The highest BCUT2D eigenvalue weighted by molar-refractivity contribution is 5.89. The number of amides is 1. The summed E-state index contributed by atoms with van der Waals surface area (Å²) in [5.74, 6) is 0.284. The number of piperidine rings is 1. The molecule has 1 amide bonds. The van der Waals surface area contributed by atoms with E-state index in [1.54, 1.807) is 4.57 Å². The molecule has 0 atom stereocenters. The minimum absolute atomic E-state index is 0.0359. The SMILES string of the molecule is CC(C)n1c(=O)n(C(=O)NCC2CCN(CC3(C(=O)OC(C)(C)C)CC3)CC2)c2ccccc21. The van der Waals surface area contributed by atoms with E-state index in [0.717, 1.165) is 50.8 Å². The summed E-state index contributed by atoms with van der Waals surface area (Å²) in [5.41, 5.74) is 0.303. The van der Waals surface area contributed by atoms with Crippen LogP contribution in [0.4, 0.5) is 4.79 Å². The lowest BCUT2D eigenvalue weighted by Crippen LogP contribution is -2.44. The normalized spacial score (nSPS) is 18.9. The molecule has 1 N–H and O–H groups in total. The number of carbonyl (C=O) groups excluding carboxylic acids is 2. The minimum atomic E-state index is -0.457. The van der Waals surface area contributed by atoms with E-state index in [-0.39, 0.29) is 29.1 Å². The second-order valence-electron chi connectivity index (χ2n) is 11.3. The van der Waals surface area contributed by atoms with Gasteiger partial charge < -0.3 is 15.0 Å². The van der Waals surface area contributed by atoms with Crippen LogP contribution in [0.3, 0.4) is 0 Å². The van der Waals surface area contributed by atoms with Gasteiger partial charge in [-0.2, -0.15) is 0 Å². The average Bonchev–Trinajstić information content (AvgIpc) is 3.47. The van der Waals surface area contributed by atoms with E-state index < -0.39 is 5.60 Å². The van der Waals surface area contributed by atoms with E-state index in [2.05, 4.69) is 10.2 Å². The molecule has 1 aliphatic heterocycles. The number of aromatic nitrogens is 2. The second-order valence-corrected chi connectivity index (χ2v) is 11.3. The van der Waals surface area contributed by atoms with E-state index in [0.29, 0.717) is 18.0 Å². The number of rotatable bonds is 6. The van der Waals surface area contributed by atoms with Crippen molar-refractivity contribution in [3.8, 4) is 0 Å². The lowest BCUT2D eigenvalue weighted by Gasteiger charge is -2.34. The number of likely N-dealkylation sites (tertiary alicyclic amines) is 1. The summed E-state index contributed by atoms with van der Waals surface area (Å²) >= 11 is 0. The molecule has 2 aliphatic rings. The molecule has 2 aromatic rings. The monoisotopic (exact) mass is 470 g/mol. The topological polar surface area (TPSA) is 85.6 Å². The number of carbonyl (C=O) groups is 2. The van der Waals surface area contributed by atoms with E-state index in [9.17, 15) is 14.4 Å². The van der Waals surface area contributed by atoms with E-state index >= 15 is 0 Å². The lowest BCUT2D eigenvalue weighted by molar-refractivity contribution is -0.162. The molecular formula is C26H38N4O4. The molecule has 0 unspecified atom stereocenters. The smallest absolute Gasteiger partial charge is 0.337 e. The summed E-state index contributed by atoms with van der Waals surface area (Å²) in [7, 11) is 0. The molecule has 1 aromatic heterocycles. The molecule has 4 rings (SSSR count). The number of imidazole rings is 1. The Kier molecular flexibility index (Phi) is 6.64. The van der Waals surface area contributed by atoms with Gasteiger partial charge >= 0.3 is 17.7 Å². The Morgan fingerprint density at radius 3 is 2.29 bits per heavy atom. The van der Waals surface area contributed by atoms with E-state index in [1.807, 2.05) is 58.9 Å². The van der Waals surface area contributed by atoms with Crippen LogP contribution < -0.4 is 11.0 Å². The molecule has 1 saturated carbocycles. The molecule has 0 bridgehead atoms. The van der Waals surface area contributed by atoms with Crippen LogP contribution in [0.5, 0.6) is 0 Å². The van der Waals surface area contributed by atoms with Gasteiger partial charge in [0.1, 0.15) is 5.60 Å². The molecule has 8 nitrogen and oxygen atoms in total. The zero-order valence-electron chi connectivity index (χ0n) is 21.1. The van der Waals surface area contributed by atoms with Gasteiger partial charge in [-0.05, 0) is 91.4 Å². The number of ether oxygens (including phenoxy) is 1. The van der Waals surface area contributed by atoms with Crippen LogP contribution in [0.15, 0.2) is 29.1 Å². The number of para-hydroxylation sites is 2. The lowest BCUT2D eigenvalue weighted by atomic mass is 9.95. The van der Waals surface area contributed by atoms with Crippen molar-refractivity contribution in [2.24, 2.45) is 11.3 Å². The van der Waals surface area contributed by atoms with Crippen molar-refractivity contribution in [2.75, 3.05) is 26.2 Å². The van der Waals surface area contributed by atoms with Crippen molar-refractivity contribution in [3.63, 3.8) is 0 Å². The molecular weight excluding hydrogens is 432 g/mol. The van der Waals surface area contributed by atoms with Crippen LogP contribution in [0.1, 0.15) is 66.3 Å². The van der Waals surface area contributed by atoms with Gasteiger partial charge in [0.25, 0.3) is 0 Å². The fourth-order valence-electron chi connectivity index (χ4n) is 4.92. The van der Waals surface area contributed by atoms with Gasteiger partial charge in [-0.15, -0.1) is 0 Å². The average molecular weight is 471 g/mol. The number of benzene rings is 1. The van der Waals surface area contributed by atoms with Crippen LogP contribution >= 0.6 is 0 Å². The first-order valence-electron chi connectivity index (χ1n) is 12.5. The molecule has 2 heterocycles. The number of esters is 1. The van der Waals surface area contributed by atoms with Crippen LogP contribution in [0.2, 0.25) is 0 Å². The standard InChI is InChI=1S/C26H38N4O4/c1-18(2)29-20-8-6-7-9-21(20)30(24(29)33)23(32)27-16-19-10-14-28(15-11-19)17-26(12-13-26)22(31)34-25(3,4)5/h6-9,18-19H,10-17H2,1-5H3,(H,27,32). The Morgan fingerprint density at radius 1 is 1.12 bits per heavy atom. The molecule has 0 spiro atoms. The van der Waals surface area contributed by atoms with Gasteiger partial charge in [-0.3, -0.25) is 9.36 Å². The van der Waals surface area contributed by atoms with Gasteiger partial charge in [0.05, 0.1) is 16.4 Å². The van der Waals surface area contributed by atoms with Crippen molar-refractivity contribution < 1.29 is 14.3 Å². The van der Waals surface area contributed by atoms with Crippen LogP contribution in [0, 0.1) is 11.3 Å². The molecule has 186 valence electrons. The van der Waals surface area contributed by atoms with Gasteiger partial charge in [0.15, 0.2) is 0 Å². The fourth-order valence-corrected chi connectivity index (χ4v) is 4.92. The highest BCUT2D eigenvalue weighted by Crippen LogP contribution is 2.48. The van der Waals surface area contributed by atoms with Gasteiger partial charge in [0.2, 0.25) is 0 Å². The van der Waals surface area contributed by atoms with Crippen molar-refractivity contribution >= 4 is 23.0 Å². The summed E-state index contributed by atoms with van der Waals surface area (Å²) < 4.78 is 8.56.